The van der Waals surface area contributed by atoms with E-state index in [4.69, 9.17) is 0 Å². The van der Waals surface area contributed by atoms with Gasteiger partial charge in [-0.25, -0.2) is 8.78 Å². The predicted octanol–water partition coefficient (Wildman–Crippen LogP) is 3.04. The van der Waals surface area contributed by atoms with Gasteiger partial charge >= 0.3 is 5.97 Å². The highest BCUT2D eigenvalue weighted by atomic mass is 32.2. The van der Waals surface area contributed by atoms with E-state index in [1.54, 1.807) is 7.05 Å². The van der Waals surface area contributed by atoms with Crippen LogP contribution in [0, 0.1) is 11.6 Å². The lowest BCUT2D eigenvalue weighted by Gasteiger charge is -2.37. The number of likely N-dealkylation sites (N-methyl/N-ethyl adjacent to an activating group) is 1. The van der Waals surface area contributed by atoms with E-state index in [0.29, 0.717) is 17.7 Å². The van der Waals surface area contributed by atoms with Crippen molar-refractivity contribution in [2.45, 2.75) is 41.4 Å². The maximum absolute atomic E-state index is 13.6. The Hall–Kier alpha value is -1.14. The van der Waals surface area contributed by atoms with Crippen LogP contribution in [0.15, 0.2) is 23.1 Å². The molecule has 20 heavy (non-hydrogen) atoms. The summed E-state index contributed by atoms with van der Waals surface area (Å²) in [5.41, 5.74) is -0.938. The molecular weight excluding hydrogens is 284 g/mol. The fourth-order valence-electron chi connectivity index (χ4n) is 2.60. The Morgan fingerprint density at radius 3 is 2.85 bits per heavy atom. The first-order valence-electron chi connectivity index (χ1n) is 6.51. The summed E-state index contributed by atoms with van der Waals surface area (Å²) in [6.45, 7) is 0. The summed E-state index contributed by atoms with van der Waals surface area (Å²) in [6.07, 6.45) is 2.61. The molecule has 1 aliphatic rings. The summed E-state index contributed by atoms with van der Waals surface area (Å²) in [4.78, 5) is 11.8. The van der Waals surface area contributed by atoms with Gasteiger partial charge in [-0.2, -0.15) is 0 Å². The van der Waals surface area contributed by atoms with Crippen LogP contribution in [0.2, 0.25) is 0 Å². The maximum atomic E-state index is 13.6. The largest absolute Gasteiger partial charge is 0.480 e. The predicted molar refractivity (Wildman–Crippen MR) is 73.9 cm³/mol. The minimum atomic E-state index is -0.938. The Morgan fingerprint density at radius 1 is 1.50 bits per heavy atom. The zero-order valence-corrected chi connectivity index (χ0v) is 12.0. The number of rotatable bonds is 4. The number of hydrogen-bond donors (Lipinski definition) is 2. The van der Waals surface area contributed by atoms with Crippen LogP contribution in [0.1, 0.15) is 25.7 Å². The van der Waals surface area contributed by atoms with Gasteiger partial charge in [-0.1, -0.05) is 0 Å². The minimum Gasteiger partial charge on any atom is -0.480 e. The van der Waals surface area contributed by atoms with Gasteiger partial charge < -0.3 is 10.4 Å². The number of carbonyl (C=O) groups is 1. The molecule has 3 nitrogen and oxygen atoms in total. The Bertz CT molecular complexity index is 512. The molecule has 2 unspecified atom stereocenters. The van der Waals surface area contributed by atoms with E-state index in [9.17, 15) is 18.7 Å². The van der Waals surface area contributed by atoms with E-state index in [0.717, 1.165) is 18.9 Å². The third-order valence-electron chi connectivity index (χ3n) is 3.78. The van der Waals surface area contributed by atoms with Crippen molar-refractivity contribution in [2.75, 3.05) is 7.05 Å². The van der Waals surface area contributed by atoms with Gasteiger partial charge in [-0.05, 0) is 44.9 Å². The number of carboxylic acids is 1. The van der Waals surface area contributed by atoms with Crippen molar-refractivity contribution < 1.29 is 18.7 Å². The molecule has 0 saturated heterocycles. The second-order valence-electron chi connectivity index (χ2n) is 5.05. The molecule has 2 N–H and O–H groups in total. The van der Waals surface area contributed by atoms with Crippen LogP contribution in [0.25, 0.3) is 0 Å². The van der Waals surface area contributed by atoms with Crippen molar-refractivity contribution in [1.82, 2.24) is 5.32 Å². The average Bonchev–Trinajstić information content (AvgIpc) is 2.42. The van der Waals surface area contributed by atoms with Crippen LogP contribution >= 0.6 is 11.8 Å². The second-order valence-corrected chi connectivity index (χ2v) is 6.39. The maximum Gasteiger partial charge on any atom is 0.323 e. The van der Waals surface area contributed by atoms with E-state index in [2.05, 4.69) is 5.32 Å². The van der Waals surface area contributed by atoms with E-state index >= 15 is 0 Å². The zero-order valence-electron chi connectivity index (χ0n) is 11.2. The molecule has 1 aromatic carbocycles. The van der Waals surface area contributed by atoms with E-state index in [1.165, 1.54) is 23.9 Å². The first kappa shape index (κ1) is 15.3. The first-order valence-corrected chi connectivity index (χ1v) is 7.39. The lowest BCUT2D eigenvalue weighted by atomic mass is 9.81. The van der Waals surface area contributed by atoms with E-state index in [-0.39, 0.29) is 5.25 Å². The molecule has 2 rings (SSSR count). The van der Waals surface area contributed by atoms with Gasteiger partial charge in [0.2, 0.25) is 0 Å². The standard InChI is InChI=1S/C14H17F2NO2S/c1-17-14(13(18)19)6-2-3-10(8-14)20-12-5-4-9(15)7-11(12)16/h4-5,7,10,17H,2-3,6,8H2,1H3,(H,18,19). The molecular formula is C14H17F2NO2S. The summed E-state index contributed by atoms with van der Waals surface area (Å²) in [5.74, 6) is -2.07. The highest BCUT2D eigenvalue weighted by Crippen LogP contribution is 2.39. The van der Waals surface area contributed by atoms with E-state index in [1.807, 2.05) is 0 Å². The molecule has 6 heteroatoms. The third kappa shape index (κ3) is 3.12. The molecule has 1 aromatic rings. The van der Waals surface area contributed by atoms with Crippen molar-refractivity contribution in [1.29, 1.82) is 0 Å². The van der Waals surface area contributed by atoms with Gasteiger partial charge in [-0.15, -0.1) is 11.8 Å². The molecule has 1 saturated carbocycles. The number of aliphatic carboxylic acids is 1. The fourth-order valence-corrected chi connectivity index (χ4v) is 3.93. The van der Waals surface area contributed by atoms with Crippen molar-refractivity contribution in [3.63, 3.8) is 0 Å². The fraction of sp³-hybridized carbons (Fsp3) is 0.500. The zero-order chi connectivity index (χ0) is 14.8. The second kappa shape index (κ2) is 6.10. The number of halogens is 2. The monoisotopic (exact) mass is 301 g/mol. The molecule has 0 amide bonds. The van der Waals surface area contributed by atoms with Gasteiger partial charge in [0, 0.05) is 16.2 Å². The van der Waals surface area contributed by atoms with Crippen LogP contribution < -0.4 is 5.32 Å². The first-order chi connectivity index (χ1) is 9.47. The van der Waals surface area contributed by atoms with Crippen molar-refractivity contribution in [2.24, 2.45) is 0 Å². The third-order valence-corrected chi connectivity index (χ3v) is 5.10. The van der Waals surface area contributed by atoms with Gasteiger partial charge in [0.25, 0.3) is 0 Å². The molecule has 0 aliphatic heterocycles. The molecule has 0 heterocycles. The molecule has 110 valence electrons. The van der Waals surface area contributed by atoms with Crippen molar-refractivity contribution >= 4 is 17.7 Å². The SMILES string of the molecule is CNC1(C(=O)O)CCCC(Sc2ccc(F)cc2F)C1. The van der Waals surface area contributed by atoms with Gasteiger partial charge in [0.1, 0.15) is 17.2 Å². The van der Waals surface area contributed by atoms with E-state index < -0.39 is 23.1 Å². The number of hydrogen-bond acceptors (Lipinski definition) is 3. The average molecular weight is 301 g/mol. The summed E-state index contributed by atoms with van der Waals surface area (Å²) < 4.78 is 26.5. The molecule has 1 aliphatic carbocycles. The number of carboxylic acid groups (broad SMARTS) is 1. The lowest BCUT2D eigenvalue weighted by molar-refractivity contribution is -0.146. The Balaban J connectivity index is 2.11. The Kier molecular flexibility index (Phi) is 4.65. The Labute approximate surface area is 120 Å². The van der Waals surface area contributed by atoms with Gasteiger partial charge in [0.05, 0.1) is 0 Å². The number of nitrogens with one attached hydrogen (secondary N) is 1. The van der Waals surface area contributed by atoms with Crippen LogP contribution in [0.5, 0.6) is 0 Å². The van der Waals surface area contributed by atoms with Crippen LogP contribution in [-0.4, -0.2) is 28.9 Å². The van der Waals surface area contributed by atoms with Gasteiger partial charge in [0.15, 0.2) is 0 Å². The summed E-state index contributed by atoms with van der Waals surface area (Å²) >= 11 is 1.29. The van der Waals surface area contributed by atoms with Crippen molar-refractivity contribution in [3.8, 4) is 0 Å². The summed E-state index contributed by atoms with van der Waals surface area (Å²) in [6, 6.07) is 3.48. The highest BCUT2D eigenvalue weighted by Gasteiger charge is 2.42. The van der Waals surface area contributed by atoms with Gasteiger partial charge in [-0.3, -0.25) is 4.79 Å². The van der Waals surface area contributed by atoms with Crippen LogP contribution in [0.3, 0.4) is 0 Å². The van der Waals surface area contributed by atoms with Crippen LogP contribution in [0.4, 0.5) is 8.78 Å². The molecule has 0 aromatic heterocycles. The topological polar surface area (TPSA) is 49.3 Å². The summed E-state index contributed by atoms with van der Waals surface area (Å²) in [5, 5.41) is 12.3. The highest BCUT2D eigenvalue weighted by molar-refractivity contribution is 8.00. The molecule has 2 atom stereocenters. The normalized spacial score (nSPS) is 26.4. The quantitative estimate of drug-likeness (QED) is 0.897. The number of benzene rings is 1. The number of thioether (sulfide) groups is 1. The minimum absolute atomic E-state index is 0.00672. The summed E-state index contributed by atoms with van der Waals surface area (Å²) in [7, 11) is 1.64. The molecule has 0 spiro atoms. The van der Waals surface area contributed by atoms with Crippen molar-refractivity contribution in [3.05, 3.63) is 29.8 Å². The molecule has 0 bridgehead atoms. The lowest BCUT2D eigenvalue weighted by Crippen LogP contribution is -2.53. The molecule has 0 radical (unpaired) electrons. The molecule has 1 fully saturated rings. The smallest absolute Gasteiger partial charge is 0.323 e. The van der Waals surface area contributed by atoms with Crippen LogP contribution in [-0.2, 0) is 4.79 Å². The Morgan fingerprint density at radius 2 is 2.25 bits per heavy atom.